The molecule has 9 heavy (non-hydrogen) atoms. The molecule has 1 heterocycles. The summed E-state index contributed by atoms with van der Waals surface area (Å²) in [4.78, 5) is 3.69. The molecule has 50 valence electrons. The fourth-order valence-electron chi connectivity index (χ4n) is 0.697. The number of nitrogens with zero attached hydrogens (tertiary/aromatic N) is 2. The van der Waals surface area contributed by atoms with Gasteiger partial charge in [-0.25, -0.2) is 4.98 Å². The van der Waals surface area contributed by atoms with Gasteiger partial charge in [0.15, 0.2) is 0 Å². The Morgan fingerprint density at radius 3 is 2.56 bits per heavy atom. The second kappa shape index (κ2) is 2.09. The van der Waals surface area contributed by atoms with E-state index < -0.39 is 0 Å². The van der Waals surface area contributed by atoms with Gasteiger partial charge in [0, 0.05) is 11.9 Å². The van der Waals surface area contributed by atoms with Crippen LogP contribution in [0.5, 0.6) is 0 Å². The van der Waals surface area contributed by atoms with E-state index in [2.05, 4.69) is 4.98 Å². The molecule has 1 rings (SSSR count). The third-order valence-electron chi connectivity index (χ3n) is 1.22. The van der Waals surface area contributed by atoms with E-state index in [-0.39, 0.29) is 5.92 Å². The molecule has 0 aromatic carbocycles. The van der Waals surface area contributed by atoms with Crippen molar-refractivity contribution in [1.29, 1.82) is 0 Å². The Hall–Kier alpha value is -0.990. The average molecular weight is 125 g/mol. The number of hydrogen-bond acceptors (Lipinski definition) is 2. The number of rotatable bonds is 1. The fraction of sp³-hybridized carbons (Fsp3) is 0.500. The largest absolute Gasteiger partial charge is 0.805 e. The zero-order valence-corrected chi connectivity index (χ0v) is 5.53. The molecular weight excluding hydrogens is 116 g/mol. The van der Waals surface area contributed by atoms with E-state index in [9.17, 15) is 5.21 Å². The summed E-state index contributed by atoms with van der Waals surface area (Å²) >= 11 is 0. The summed E-state index contributed by atoms with van der Waals surface area (Å²) < 4.78 is 0.796. The van der Waals surface area contributed by atoms with Crippen LogP contribution in [-0.4, -0.2) is 9.71 Å². The standard InChI is InChI=1S/C6H9N2O/c1-5(2)6-3-7-4-8(6)9/h3-5H,1-2H3/q-1. The molecule has 1 aromatic rings. The van der Waals surface area contributed by atoms with Crippen LogP contribution in [0.15, 0.2) is 12.5 Å². The van der Waals surface area contributed by atoms with E-state index in [1.165, 1.54) is 6.33 Å². The minimum Gasteiger partial charge on any atom is -0.805 e. The van der Waals surface area contributed by atoms with Gasteiger partial charge in [0.1, 0.15) is 0 Å². The summed E-state index contributed by atoms with van der Waals surface area (Å²) in [5, 5.41) is 10.7. The van der Waals surface area contributed by atoms with Gasteiger partial charge in [-0.15, -0.1) is 0 Å². The normalized spacial score (nSPS) is 10.6. The topological polar surface area (TPSA) is 40.9 Å². The molecule has 0 aliphatic rings. The third-order valence-corrected chi connectivity index (χ3v) is 1.22. The average Bonchev–Trinajstić information content (AvgIpc) is 2.13. The first kappa shape index (κ1) is 6.13. The number of imidazole rings is 1. The van der Waals surface area contributed by atoms with Crippen LogP contribution in [0.3, 0.4) is 0 Å². The molecule has 0 unspecified atom stereocenters. The van der Waals surface area contributed by atoms with Gasteiger partial charge in [-0.05, 0) is 5.92 Å². The molecule has 0 N–H and O–H groups in total. The van der Waals surface area contributed by atoms with Crippen LogP contribution in [0.25, 0.3) is 0 Å². The van der Waals surface area contributed by atoms with Crippen LogP contribution in [-0.2, 0) is 0 Å². The van der Waals surface area contributed by atoms with E-state index in [1.807, 2.05) is 13.8 Å². The van der Waals surface area contributed by atoms with Gasteiger partial charge >= 0.3 is 0 Å². The molecule has 0 spiro atoms. The van der Waals surface area contributed by atoms with E-state index in [4.69, 9.17) is 0 Å². The Balaban J connectivity index is 2.94. The van der Waals surface area contributed by atoms with Crippen LogP contribution in [0.4, 0.5) is 0 Å². The Bertz CT molecular complexity index is 193. The smallest absolute Gasteiger partial charge is 0.0901 e. The lowest BCUT2D eigenvalue weighted by Gasteiger charge is -2.12. The van der Waals surface area contributed by atoms with Crippen LogP contribution < -0.4 is 0 Å². The van der Waals surface area contributed by atoms with Crippen LogP contribution in [0.1, 0.15) is 25.5 Å². The maximum atomic E-state index is 10.7. The fourth-order valence-corrected chi connectivity index (χ4v) is 0.697. The summed E-state index contributed by atoms with van der Waals surface area (Å²) in [7, 11) is 0. The van der Waals surface area contributed by atoms with Crippen molar-refractivity contribution in [1.82, 2.24) is 9.71 Å². The molecule has 0 atom stereocenters. The molecule has 3 nitrogen and oxygen atoms in total. The zero-order valence-electron chi connectivity index (χ0n) is 5.53. The first-order valence-electron chi connectivity index (χ1n) is 2.91. The summed E-state index contributed by atoms with van der Waals surface area (Å²) in [6.45, 7) is 3.93. The molecular formula is C6H9N2O-. The second-order valence-corrected chi connectivity index (χ2v) is 2.30. The monoisotopic (exact) mass is 125 g/mol. The Kier molecular flexibility index (Phi) is 1.42. The van der Waals surface area contributed by atoms with Gasteiger partial charge in [0.05, 0.1) is 6.33 Å². The number of aromatic nitrogens is 2. The number of hydrogen-bond donors (Lipinski definition) is 0. The lowest BCUT2D eigenvalue weighted by Crippen LogP contribution is -1.94. The van der Waals surface area contributed by atoms with E-state index in [0.717, 1.165) is 10.4 Å². The maximum Gasteiger partial charge on any atom is 0.0901 e. The zero-order chi connectivity index (χ0) is 6.85. The highest BCUT2D eigenvalue weighted by Gasteiger charge is 1.98. The van der Waals surface area contributed by atoms with Crippen molar-refractivity contribution < 1.29 is 0 Å². The van der Waals surface area contributed by atoms with E-state index in [0.29, 0.717) is 0 Å². The van der Waals surface area contributed by atoms with Crippen molar-refractivity contribution in [3.63, 3.8) is 0 Å². The molecule has 0 radical (unpaired) electrons. The van der Waals surface area contributed by atoms with Gasteiger partial charge in [-0.2, -0.15) is 0 Å². The van der Waals surface area contributed by atoms with Crippen molar-refractivity contribution in [2.24, 2.45) is 0 Å². The second-order valence-electron chi connectivity index (χ2n) is 2.30. The lowest BCUT2D eigenvalue weighted by molar-refractivity contribution is 0.789. The molecule has 0 fully saturated rings. The minimum atomic E-state index is 0.269. The highest BCUT2D eigenvalue weighted by molar-refractivity contribution is 5.04. The highest BCUT2D eigenvalue weighted by atomic mass is 16.5. The SMILES string of the molecule is CC(C)c1cncn1[O-]. The Morgan fingerprint density at radius 1 is 1.67 bits per heavy atom. The Labute approximate surface area is 53.9 Å². The summed E-state index contributed by atoms with van der Waals surface area (Å²) in [5.74, 6) is 0.269. The molecule has 0 saturated heterocycles. The van der Waals surface area contributed by atoms with Crippen LogP contribution >= 0.6 is 0 Å². The van der Waals surface area contributed by atoms with Gasteiger partial charge < -0.3 is 9.94 Å². The minimum absolute atomic E-state index is 0.269. The summed E-state index contributed by atoms with van der Waals surface area (Å²) in [5.41, 5.74) is 0.731. The van der Waals surface area contributed by atoms with Gasteiger partial charge in [0.25, 0.3) is 0 Å². The molecule has 0 aliphatic heterocycles. The van der Waals surface area contributed by atoms with Gasteiger partial charge in [-0.3, -0.25) is 0 Å². The predicted octanol–water partition coefficient (Wildman–Crippen LogP) is 1.35. The predicted molar refractivity (Wildman–Crippen MR) is 35.1 cm³/mol. The molecule has 0 saturated carbocycles. The summed E-state index contributed by atoms with van der Waals surface area (Å²) in [6, 6.07) is 0. The van der Waals surface area contributed by atoms with Crippen molar-refractivity contribution in [2.75, 3.05) is 0 Å². The van der Waals surface area contributed by atoms with E-state index >= 15 is 0 Å². The van der Waals surface area contributed by atoms with Crippen molar-refractivity contribution in [3.8, 4) is 0 Å². The third kappa shape index (κ3) is 1.04. The quantitative estimate of drug-likeness (QED) is 0.568. The first-order chi connectivity index (χ1) is 4.22. The molecule has 0 bridgehead atoms. The van der Waals surface area contributed by atoms with Crippen molar-refractivity contribution >= 4 is 0 Å². The molecule has 0 aliphatic carbocycles. The van der Waals surface area contributed by atoms with Crippen molar-refractivity contribution in [2.45, 2.75) is 19.8 Å². The van der Waals surface area contributed by atoms with Gasteiger partial charge in [-0.1, -0.05) is 13.8 Å². The van der Waals surface area contributed by atoms with Crippen LogP contribution in [0.2, 0.25) is 0 Å². The highest BCUT2D eigenvalue weighted by Crippen LogP contribution is 2.10. The van der Waals surface area contributed by atoms with Crippen molar-refractivity contribution in [3.05, 3.63) is 23.4 Å². The first-order valence-corrected chi connectivity index (χ1v) is 2.91. The molecule has 0 amide bonds. The van der Waals surface area contributed by atoms with E-state index in [1.54, 1.807) is 6.20 Å². The maximum absolute atomic E-state index is 10.7. The van der Waals surface area contributed by atoms with Crippen LogP contribution in [0, 0.1) is 5.21 Å². The lowest BCUT2D eigenvalue weighted by atomic mass is 10.2. The summed E-state index contributed by atoms with van der Waals surface area (Å²) in [6.07, 6.45) is 2.87. The molecule has 1 aromatic heterocycles. The van der Waals surface area contributed by atoms with Gasteiger partial charge in [0.2, 0.25) is 0 Å². The Morgan fingerprint density at radius 2 is 2.33 bits per heavy atom. The molecule has 3 heteroatoms.